The van der Waals surface area contributed by atoms with Gasteiger partial charge in [-0.1, -0.05) is 29.3 Å². The normalized spacial score (nSPS) is 12.7. The van der Waals surface area contributed by atoms with Gasteiger partial charge in [0.05, 0.1) is 11.1 Å². The average molecular weight is 287 g/mol. The molecule has 0 amide bonds. The van der Waals surface area contributed by atoms with Crippen LogP contribution >= 0.6 is 34.5 Å². The maximum Gasteiger partial charge on any atom is 0.0818 e. The lowest BCUT2D eigenvalue weighted by molar-refractivity contribution is 0.646. The summed E-state index contributed by atoms with van der Waals surface area (Å²) < 4.78 is 0. The minimum absolute atomic E-state index is 0.125. The Hall–Kier alpha value is -0.580. The van der Waals surface area contributed by atoms with E-state index in [1.54, 1.807) is 11.3 Å². The molecule has 3 N–H and O–H groups in total. The zero-order valence-corrected chi connectivity index (χ0v) is 11.5. The molecule has 1 aromatic heterocycles. The van der Waals surface area contributed by atoms with Gasteiger partial charge >= 0.3 is 0 Å². The lowest BCUT2D eigenvalue weighted by Gasteiger charge is -2.16. The quantitative estimate of drug-likeness (QED) is 0.663. The largest absolute Gasteiger partial charge is 0.271 e. The van der Waals surface area contributed by atoms with Gasteiger partial charge in [0.15, 0.2) is 0 Å². The molecule has 0 aliphatic carbocycles. The second-order valence-electron chi connectivity index (χ2n) is 3.79. The van der Waals surface area contributed by atoms with Crippen molar-refractivity contribution >= 4 is 34.5 Å². The van der Waals surface area contributed by atoms with E-state index in [9.17, 15) is 0 Å². The highest BCUT2D eigenvalue weighted by Crippen LogP contribution is 2.33. The fourth-order valence-corrected chi connectivity index (χ4v) is 3.32. The maximum absolute atomic E-state index is 6.12. The van der Waals surface area contributed by atoms with E-state index in [4.69, 9.17) is 29.0 Å². The second kappa shape index (κ2) is 5.38. The Balaban J connectivity index is 2.45. The topological polar surface area (TPSA) is 38.0 Å². The summed E-state index contributed by atoms with van der Waals surface area (Å²) in [5.41, 5.74) is 4.90. The molecule has 17 heavy (non-hydrogen) atoms. The monoisotopic (exact) mass is 286 g/mol. The van der Waals surface area contributed by atoms with Crippen LogP contribution in [0.2, 0.25) is 10.0 Å². The Morgan fingerprint density at radius 1 is 1.29 bits per heavy atom. The Kier molecular flexibility index (Phi) is 4.07. The number of hydrazine groups is 1. The number of aryl methyl sites for hydroxylation is 1. The Morgan fingerprint density at radius 3 is 2.59 bits per heavy atom. The number of rotatable bonds is 3. The molecule has 2 rings (SSSR count). The van der Waals surface area contributed by atoms with E-state index in [0.717, 1.165) is 21.0 Å². The molecule has 0 saturated carbocycles. The van der Waals surface area contributed by atoms with Gasteiger partial charge in [-0.3, -0.25) is 5.84 Å². The molecule has 0 aliphatic rings. The molecule has 1 unspecified atom stereocenters. The summed E-state index contributed by atoms with van der Waals surface area (Å²) >= 11 is 13.8. The number of halogens is 2. The van der Waals surface area contributed by atoms with E-state index < -0.39 is 0 Å². The molecule has 1 atom stereocenters. The summed E-state index contributed by atoms with van der Waals surface area (Å²) in [6, 6.07) is 7.60. The molecule has 0 radical (unpaired) electrons. The summed E-state index contributed by atoms with van der Waals surface area (Å²) in [6.07, 6.45) is 0. The first-order chi connectivity index (χ1) is 8.11. The van der Waals surface area contributed by atoms with Crippen LogP contribution in [0.25, 0.3) is 0 Å². The molecule has 1 heterocycles. The van der Waals surface area contributed by atoms with Crippen LogP contribution in [0.4, 0.5) is 0 Å². The lowest BCUT2D eigenvalue weighted by atomic mass is 10.0. The van der Waals surface area contributed by atoms with E-state index in [1.807, 2.05) is 36.6 Å². The standard InChI is InChI=1S/C12H12Cl2N2S/c1-7-4-8(6-9(13)5-7)11(16-15)12-10(14)2-3-17-12/h2-6,11,16H,15H2,1H3. The molecule has 2 aromatic rings. The van der Waals surface area contributed by atoms with Gasteiger partial charge < -0.3 is 0 Å². The van der Waals surface area contributed by atoms with Crippen molar-refractivity contribution in [3.8, 4) is 0 Å². The van der Waals surface area contributed by atoms with Crippen molar-refractivity contribution in [1.82, 2.24) is 5.43 Å². The zero-order valence-electron chi connectivity index (χ0n) is 9.21. The van der Waals surface area contributed by atoms with Gasteiger partial charge in [0, 0.05) is 9.90 Å². The average Bonchev–Trinajstić information content (AvgIpc) is 2.65. The minimum atomic E-state index is -0.125. The number of thiophene rings is 1. The molecule has 0 spiro atoms. The summed E-state index contributed by atoms with van der Waals surface area (Å²) in [4.78, 5) is 0.996. The second-order valence-corrected chi connectivity index (χ2v) is 5.59. The summed E-state index contributed by atoms with van der Waals surface area (Å²) in [5.74, 6) is 5.62. The lowest BCUT2D eigenvalue weighted by Crippen LogP contribution is -2.28. The maximum atomic E-state index is 6.12. The van der Waals surface area contributed by atoms with Crippen LogP contribution in [-0.2, 0) is 0 Å². The predicted molar refractivity (Wildman–Crippen MR) is 74.7 cm³/mol. The molecule has 0 saturated heterocycles. The van der Waals surface area contributed by atoms with Crippen LogP contribution in [0.1, 0.15) is 22.0 Å². The molecule has 5 heteroatoms. The van der Waals surface area contributed by atoms with Crippen molar-refractivity contribution in [3.05, 3.63) is 55.7 Å². The fourth-order valence-electron chi connectivity index (χ4n) is 1.77. The molecular weight excluding hydrogens is 275 g/mol. The highest BCUT2D eigenvalue weighted by molar-refractivity contribution is 7.10. The van der Waals surface area contributed by atoms with Gasteiger partial charge in [-0.25, -0.2) is 5.43 Å². The third-order valence-corrected chi connectivity index (χ3v) is 4.11. The van der Waals surface area contributed by atoms with Crippen molar-refractivity contribution in [3.63, 3.8) is 0 Å². The van der Waals surface area contributed by atoms with Gasteiger partial charge in [0.25, 0.3) is 0 Å². The Bertz CT molecular complexity index is 505. The molecule has 0 aliphatic heterocycles. The first-order valence-electron chi connectivity index (χ1n) is 5.08. The Morgan fingerprint density at radius 2 is 2.06 bits per heavy atom. The van der Waals surface area contributed by atoms with E-state index in [0.29, 0.717) is 5.02 Å². The van der Waals surface area contributed by atoms with Crippen molar-refractivity contribution in [2.24, 2.45) is 5.84 Å². The number of nitrogens with two attached hydrogens (primary N) is 1. The molecular formula is C12H12Cl2N2S. The van der Waals surface area contributed by atoms with Crippen LogP contribution in [0.15, 0.2) is 29.6 Å². The summed E-state index contributed by atoms with van der Waals surface area (Å²) in [6.45, 7) is 2.00. The highest BCUT2D eigenvalue weighted by Gasteiger charge is 2.17. The Labute approximate surface area is 114 Å². The minimum Gasteiger partial charge on any atom is -0.271 e. The van der Waals surface area contributed by atoms with E-state index in [1.165, 1.54) is 0 Å². The molecule has 0 fully saturated rings. The number of nitrogens with one attached hydrogen (secondary N) is 1. The predicted octanol–water partition coefficient (Wildman–Crippen LogP) is 3.92. The number of benzene rings is 1. The van der Waals surface area contributed by atoms with Crippen LogP contribution < -0.4 is 11.3 Å². The fraction of sp³-hybridized carbons (Fsp3) is 0.167. The third kappa shape index (κ3) is 2.81. The van der Waals surface area contributed by atoms with Gasteiger partial charge in [0.2, 0.25) is 0 Å². The zero-order chi connectivity index (χ0) is 12.4. The van der Waals surface area contributed by atoms with E-state index in [-0.39, 0.29) is 6.04 Å². The van der Waals surface area contributed by atoms with Gasteiger partial charge in [0.1, 0.15) is 0 Å². The third-order valence-electron chi connectivity index (χ3n) is 2.47. The first kappa shape index (κ1) is 12.9. The van der Waals surface area contributed by atoms with Crippen LogP contribution in [0.3, 0.4) is 0 Å². The van der Waals surface area contributed by atoms with Crippen molar-refractivity contribution in [1.29, 1.82) is 0 Å². The number of hydrogen-bond acceptors (Lipinski definition) is 3. The molecule has 90 valence electrons. The van der Waals surface area contributed by atoms with Crippen molar-refractivity contribution in [2.75, 3.05) is 0 Å². The van der Waals surface area contributed by atoms with Crippen LogP contribution in [0, 0.1) is 6.92 Å². The van der Waals surface area contributed by atoms with Gasteiger partial charge in [-0.2, -0.15) is 0 Å². The highest BCUT2D eigenvalue weighted by atomic mass is 35.5. The van der Waals surface area contributed by atoms with Gasteiger partial charge in [-0.05, 0) is 41.6 Å². The van der Waals surface area contributed by atoms with E-state index >= 15 is 0 Å². The van der Waals surface area contributed by atoms with Gasteiger partial charge in [-0.15, -0.1) is 11.3 Å². The molecule has 0 bridgehead atoms. The van der Waals surface area contributed by atoms with Crippen LogP contribution in [-0.4, -0.2) is 0 Å². The summed E-state index contributed by atoms with van der Waals surface area (Å²) in [5, 5.41) is 3.36. The smallest absolute Gasteiger partial charge is 0.0818 e. The number of hydrogen-bond donors (Lipinski definition) is 2. The first-order valence-corrected chi connectivity index (χ1v) is 6.71. The SMILES string of the molecule is Cc1cc(Cl)cc(C(NN)c2sccc2Cl)c1. The van der Waals surface area contributed by atoms with Crippen molar-refractivity contribution < 1.29 is 0 Å². The van der Waals surface area contributed by atoms with Crippen LogP contribution in [0.5, 0.6) is 0 Å². The summed E-state index contributed by atoms with van der Waals surface area (Å²) in [7, 11) is 0. The molecule has 1 aromatic carbocycles. The van der Waals surface area contributed by atoms with Crippen molar-refractivity contribution in [2.45, 2.75) is 13.0 Å². The van der Waals surface area contributed by atoms with E-state index in [2.05, 4.69) is 5.43 Å². The molecule has 2 nitrogen and oxygen atoms in total.